The second kappa shape index (κ2) is 11.0. The Labute approximate surface area is 225 Å². The molecule has 0 atom stereocenters. The van der Waals surface area contributed by atoms with Crippen molar-refractivity contribution in [2.45, 2.75) is 39.5 Å². The normalized spacial score (nSPS) is 14.3. The van der Waals surface area contributed by atoms with E-state index in [0.29, 0.717) is 17.5 Å². The lowest BCUT2D eigenvalue weighted by Gasteiger charge is -2.35. The molecule has 2 N–H and O–H groups in total. The first-order valence-electron chi connectivity index (χ1n) is 12.7. The lowest BCUT2D eigenvalue weighted by Crippen LogP contribution is -2.48. The van der Waals surface area contributed by atoms with Gasteiger partial charge in [-0.1, -0.05) is 26.8 Å². The van der Waals surface area contributed by atoms with Crippen LogP contribution >= 0.6 is 0 Å². The minimum atomic E-state index is -3.42. The largest absolute Gasteiger partial charge is 0.368 e. The maximum absolute atomic E-state index is 12.9. The average molecular weight is 537 g/mol. The number of carbonyl (C=O) groups is 1. The highest BCUT2D eigenvalue weighted by Gasteiger charge is 2.24. The second-order valence-corrected chi connectivity index (χ2v) is 12.9. The van der Waals surface area contributed by atoms with Crippen LogP contribution in [0.1, 0.15) is 33.3 Å². The molecule has 0 bridgehead atoms. The highest BCUT2D eigenvalue weighted by molar-refractivity contribution is 7.91. The summed E-state index contributed by atoms with van der Waals surface area (Å²) in [6.45, 7) is 12.3. The van der Waals surface area contributed by atoms with E-state index in [1.165, 1.54) is 0 Å². The maximum Gasteiger partial charge on any atom is 0.229 e. The van der Waals surface area contributed by atoms with Gasteiger partial charge < -0.3 is 20.4 Å². The molecule has 0 saturated carbocycles. The molecule has 2 heterocycles. The monoisotopic (exact) mass is 536 g/mol. The summed E-state index contributed by atoms with van der Waals surface area (Å²) in [5.41, 5.74) is 3.09. The zero-order valence-corrected chi connectivity index (χ0v) is 23.5. The van der Waals surface area contributed by atoms with Crippen LogP contribution in [0.15, 0.2) is 59.6 Å². The van der Waals surface area contributed by atoms with Crippen LogP contribution in [0.5, 0.6) is 0 Å². The molecule has 10 heteroatoms. The Bertz CT molecular complexity index is 1390. The van der Waals surface area contributed by atoms with Crippen molar-refractivity contribution >= 4 is 44.6 Å². The van der Waals surface area contributed by atoms with E-state index in [4.69, 9.17) is 0 Å². The van der Waals surface area contributed by atoms with Gasteiger partial charge in [0.25, 0.3) is 0 Å². The van der Waals surface area contributed by atoms with Crippen LogP contribution in [0.3, 0.4) is 0 Å². The van der Waals surface area contributed by atoms with Crippen LogP contribution in [0, 0.1) is 12.3 Å². The van der Waals surface area contributed by atoms with E-state index < -0.39 is 9.84 Å². The summed E-state index contributed by atoms with van der Waals surface area (Å²) >= 11 is 0. The molecule has 202 valence electrons. The molecule has 38 heavy (non-hydrogen) atoms. The topological polar surface area (TPSA) is 108 Å². The fourth-order valence-corrected chi connectivity index (χ4v) is 6.25. The summed E-state index contributed by atoms with van der Waals surface area (Å²) in [4.78, 5) is 25.0. The molecule has 0 radical (unpaired) electrons. The van der Waals surface area contributed by atoms with Gasteiger partial charge in [-0.2, -0.15) is 4.98 Å². The number of hydrogen-bond acceptors (Lipinski definition) is 8. The van der Waals surface area contributed by atoms with E-state index in [-0.39, 0.29) is 22.0 Å². The summed E-state index contributed by atoms with van der Waals surface area (Å²) in [6, 6.07) is 14.9. The van der Waals surface area contributed by atoms with Crippen molar-refractivity contribution in [1.82, 2.24) is 14.9 Å². The number of amides is 1. The van der Waals surface area contributed by atoms with Crippen LogP contribution in [0.4, 0.5) is 28.8 Å². The summed E-state index contributed by atoms with van der Waals surface area (Å²) < 4.78 is 25.7. The van der Waals surface area contributed by atoms with Gasteiger partial charge in [0.1, 0.15) is 5.82 Å². The molecular weight excluding hydrogens is 500 g/mol. The van der Waals surface area contributed by atoms with Gasteiger partial charge in [0.05, 0.1) is 10.6 Å². The zero-order chi connectivity index (χ0) is 27.5. The van der Waals surface area contributed by atoms with E-state index in [9.17, 15) is 13.2 Å². The van der Waals surface area contributed by atoms with Crippen molar-refractivity contribution in [3.05, 3.63) is 60.3 Å². The van der Waals surface area contributed by atoms with Crippen LogP contribution < -0.4 is 15.5 Å². The molecular formula is C28H36N6O3S. The second-order valence-electron chi connectivity index (χ2n) is 10.9. The molecule has 1 fully saturated rings. The number of anilines is 5. The number of carbonyl (C=O) groups excluding carboxylic acids is 1. The first-order valence-corrected chi connectivity index (χ1v) is 14.4. The van der Waals surface area contributed by atoms with Gasteiger partial charge in [0.2, 0.25) is 11.9 Å². The third-order valence-corrected chi connectivity index (χ3v) is 8.48. The maximum atomic E-state index is 12.9. The van der Waals surface area contributed by atoms with Crippen molar-refractivity contribution in [3.8, 4) is 0 Å². The molecule has 0 aliphatic carbocycles. The molecule has 1 saturated heterocycles. The van der Waals surface area contributed by atoms with Crippen LogP contribution in [0.2, 0.25) is 0 Å². The van der Waals surface area contributed by atoms with Crippen LogP contribution in [-0.2, 0) is 14.6 Å². The predicted molar refractivity (Wildman–Crippen MR) is 152 cm³/mol. The van der Waals surface area contributed by atoms with Crippen molar-refractivity contribution in [2.24, 2.45) is 5.41 Å². The number of hydrogen-bond donors (Lipinski definition) is 2. The molecule has 9 nitrogen and oxygen atoms in total. The molecule has 1 aliphatic rings. The quantitative estimate of drug-likeness (QED) is 0.445. The van der Waals surface area contributed by atoms with E-state index in [0.717, 1.165) is 43.1 Å². The van der Waals surface area contributed by atoms with Crippen molar-refractivity contribution in [1.29, 1.82) is 0 Å². The van der Waals surface area contributed by atoms with E-state index in [2.05, 4.69) is 25.5 Å². The highest BCUT2D eigenvalue weighted by Crippen LogP contribution is 2.27. The summed E-state index contributed by atoms with van der Waals surface area (Å²) in [7, 11) is -3.42. The first-order chi connectivity index (χ1) is 17.9. The van der Waals surface area contributed by atoms with E-state index >= 15 is 0 Å². The van der Waals surface area contributed by atoms with Crippen molar-refractivity contribution < 1.29 is 13.2 Å². The van der Waals surface area contributed by atoms with Crippen molar-refractivity contribution in [2.75, 3.05) is 47.5 Å². The number of benzene rings is 2. The Balaban J connectivity index is 1.44. The number of aromatic nitrogens is 2. The van der Waals surface area contributed by atoms with Gasteiger partial charge in [-0.15, -0.1) is 0 Å². The van der Waals surface area contributed by atoms with Gasteiger partial charge in [0, 0.05) is 61.9 Å². The fraction of sp³-hybridized carbons (Fsp3) is 0.393. The molecule has 1 amide bonds. The van der Waals surface area contributed by atoms with Gasteiger partial charge in [-0.25, -0.2) is 13.4 Å². The minimum absolute atomic E-state index is 0.0669. The SMILES string of the molecule is CC(=O)N1CCN(c2ccc(Nc3ncc(C)c(Nc4cccc(S(=O)(=O)CC(C)(C)C)c4)n3)cc2)CC1. The number of sulfone groups is 1. The molecule has 0 unspecified atom stereocenters. The standard InChI is InChI=1S/C28H36N6O3S/c1-20-18-29-27(31-22-9-11-24(12-10-22)34-15-13-33(14-16-34)21(2)35)32-26(20)30-23-7-6-8-25(17-23)38(36,37)19-28(3,4)5/h6-12,17-18H,13-16,19H2,1-5H3,(H2,29,30,31,32). The molecule has 2 aromatic carbocycles. The summed E-state index contributed by atoms with van der Waals surface area (Å²) in [5, 5.41) is 6.49. The molecule has 1 aliphatic heterocycles. The summed E-state index contributed by atoms with van der Waals surface area (Å²) in [5.74, 6) is 1.21. The third-order valence-electron chi connectivity index (χ3n) is 6.26. The van der Waals surface area contributed by atoms with Gasteiger partial charge in [-0.3, -0.25) is 4.79 Å². The Morgan fingerprint density at radius 3 is 2.29 bits per heavy atom. The Kier molecular flexibility index (Phi) is 7.91. The predicted octanol–water partition coefficient (Wildman–Crippen LogP) is 4.76. The Morgan fingerprint density at radius 2 is 1.66 bits per heavy atom. The average Bonchev–Trinajstić information content (AvgIpc) is 2.85. The fourth-order valence-electron chi connectivity index (χ4n) is 4.35. The number of piperazine rings is 1. The Morgan fingerprint density at radius 1 is 0.974 bits per heavy atom. The Hall–Kier alpha value is -3.66. The van der Waals surface area contributed by atoms with Crippen LogP contribution in [0.25, 0.3) is 0 Å². The zero-order valence-electron chi connectivity index (χ0n) is 22.7. The third kappa shape index (κ3) is 7.00. The molecule has 3 aromatic rings. The molecule has 4 rings (SSSR count). The van der Waals surface area contributed by atoms with E-state index in [1.807, 2.05) is 62.9 Å². The van der Waals surface area contributed by atoms with Gasteiger partial charge >= 0.3 is 0 Å². The van der Waals surface area contributed by atoms with Crippen molar-refractivity contribution in [3.63, 3.8) is 0 Å². The van der Waals surface area contributed by atoms with Gasteiger partial charge in [0.15, 0.2) is 9.84 Å². The number of nitrogens with one attached hydrogen (secondary N) is 2. The van der Waals surface area contributed by atoms with Crippen LogP contribution in [-0.4, -0.2) is 61.1 Å². The molecule has 1 aromatic heterocycles. The number of aryl methyl sites for hydroxylation is 1. The lowest BCUT2D eigenvalue weighted by atomic mass is 10.0. The summed E-state index contributed by atoms with van der Waals surface area (Å²) in [6.07, 6.45) is 1.72. The minimum Gasteiger partial charge on any atom is -0.368 e. The smallest absolute Gasteiger partial charge is 0.229 e. The van der Waals surface area contributed by atoms with E-state index in [1.54, 1.807) is 31.3 Å². The lowest BCUT2D eigenvalue weighted by molar-refractivity contribution is -0.129. The highest BCUT2D eigenvalue weighted by atomic mass is 32.2. The number of nitrogens with zero attached hydrogens (tertiary/aromatic N) is 4. The first kappa shape index (κ1) is 27.4. The van der Waals surface area contributed by atoms with Gasteiger partial charge in [-0.05, 0) is 54.8 Å². The number of rotatable bonds is 7. The molecule has 0 spiro atoms.